The van der Waals surface area contributed by atoms with Crippen molar-refractivity contribution in [2.75, 3.05) is 6.54 Å². The number of carboxylic acid groups (broad SMARTS) is 2. The molecule has 3 aromatic carbocycles. The number of phenols is 1. The number of phenolic OH excluding ortho intramolecular Hbond substituents is 1. The van der Waals surface area contributed by atoms with Crippen LogP contribution in [0.2, 0.25) is 0 Å². The Hall–Kier alpha value is -9.20. The number of fused-ring (bicyclic) bond motifs is 3. The first kappa shape index (κ1) is 60.0. The van der Waals surface area contributed by atoms with Crippen LogP contribution in [-0.2, 0) is 80.2 Å². The fraction of sp³-hybridized carbons (Fsp3) is 0.407. The van der Waals surface area contributed by atoms with E-state index in [2.05, 4.69) is 57.8 Å². The number of carbonyl (C=O) groups excluding carboxylic acids is 8. The monoisotopic (exact) mass is 1110 g/mol. The van der Waals surface area contributed by atoms with E-state index in [4.69, 9.17) is 5.73 Å². The average Bonchev–Trinajstić information content (AvgIpc) is 4.08. The maximum absolute atomic E-state index is 14.9. The van der Waals surface area contributed by atoms with Crippen molar-refractivity contribution in [2.45, 2.75) is 127 Å². The molecule has 14 N–H and O–H groups in total. The first-order valence-electron chi connectivity index (χ1n) is 26.0. The lowest BCUT2D eigenvalue weighted by Gasteiger charge is -2.28. The van der Waals surface area contributed by atoms with Crippen molar-refractivity contribution in [3.63, 3.8) is 0 Å². The lowest BCUT2D eigenvalue weighted by molar-refractivity contribution is -0.143. The molecule has 26 heteroatoms. The Kier molecular flexibility index (Phi) is 21.3. The van der Waals surface area contributed by atoms with Crippen LogP contribution >= 0.6 is 0 Å². The smallest absolute Gasteiger partial charge is 0.326 e. The average molecular weight is 1110 g/mol. The van der Waals surface area contributed by atoms with E-state index in [-0.39, 0.29) is 43.7 Å². The molecule has 1 aliphatic rings. The number of nitrogens with two attached hydrogens (primary N) is 1. The number of aromatic hydroxyl groups is 1. The van der Waals surface area contributed by atoms with Crippen LogP contribution in [0.3, 0.4) is 0 Å². The first-order chi connectivity index (χ1) is 38.2. The molecule has 0 fully saturated rings. The van der Waals surface area contributed by atoms with Gasteiger partial charge in [0, 0.05) is 55.9 Å². The zero-order valence-electron chi connectivity index (χ0n) is 44.3. The van der Waals surface area contributed by atoms with Gasteiger partial charge in [0.15, 0.2) is 0 Å². The lowest BCUT2D eigenvalue weighted by atomic mass is 10.00. The highest BCUT2D eigenvalue weighted by molar-refractivity contribution is 5.99. The second kappa shape index (κ2) is 28.4. The third-order valence-corrected chi connectivity index (χ3v) is 13.2. The fourth-order valence-electron chi connectivity index (χ4n) is 8.98. The number of hydrogen-bond acceptors (Lipinski definition) is 14. The number of H-pyrrole nitrogens is 1. The molecule has 0 saturated heterocycles. The largest absolute Gasteiger partial charge is 0.508 e. The number of carboxylic acids is 2. The Morgan fingerprint density at radius 2 is 1.31 bits per heavy atom. The molecule has 8 atom stereocenters. The van der Waals surface area contributed by atoms with E-state index in [1.165, 1.54) is 30.5 Å². The Balaban J connectivity index is 1.49. The van der Waals surface area contributed by atoms with E-state index in [1.807, 2.05) is 6.07 Å². The van der Waals surface area contributed by atoms with E-state index in [0.29, 0.717) is 40.4 Å². The van der Waals surface area contributed by atoms with Crippen LogP contribution in [0.25, 0.3) is 10.9 Å². The van der Waals surface area contributed by atoms with Gasteiger partial charge in [-0.2, -0.15) is 0 Å². The van der Waals surface area contributed by atoms with Crippen molar-refractivity contribution in [1.29, 1.82) is 0 Å². The van der Waals surface area contributed by atoms with Gasteiger partial charge in [0.05, 0.1) is 18.7 Å². The number of carbonyl (C=O) groups is 10. The number of aromatic amines is 1. The third kappa shape index (κ3) is 17.4. The van der Waals surface area contributed by atoms with Crippen LogP contribution in [0, 0.1) is 5.92 Å². The van der Waals surface area contributed by atoms with Gasteiger partial charge in [0.25, 0.3) is 0 Å². The van der Waals surface area contributed by atoms with Gasteiger partial charge in [-0.3, -0.25) is 43.2 Å². The number of rotatable bonds is 19. The van der Waals surface area contributed by atoms with Gasteiger partial charge < -0.3 is 68.6 Å². The molecule has 0 saturated carbocycles. The minimum Gasteiger partial charge on any atom is -0.508 e. The van der Waals surface area contributed by atoms with Crippen molar-refractivity contribution in [2.24, 2.45) is 11.7 Å². The van der Waals surface area contributed by atoms with E-state index < -0.39 is 133 Å². The normalized spacial score (nSPS) is 20.3. The highest BCUT2D eigenvalue weighted by Crippen LogP contribution is 2.20. The van der Waals surface area contributed by atoms with Crippen molar-refractivity contribution >= 4 is 70.1 Å². The molecule has 26 nitrogen and oxygen atoms in total. The number of unbranched alkanes of at least 4 members (excludes halogenated alkanes) is 1. The van der Waals surface area contributed by atoms with Crippen molar-refractivity contribution in [3.8, 4) is 5.75 Å². The van der Waals surface area contributed by atoms with Crippen LogP contribution < -0.4 is 48.3 Å². The van der Waals surface area contributed by atoms with E-state index in [0.717, 1.165) is 11.6 Å². The Morgan fingerprint density at radius 1 is 0.725 bits per heavy atom. The van der Waals surface area contributed by atoms with Crippen molar-refractivity contribution < 1.29 is 63.3 Å². The molecule has 426 valence electrons. The van der Waals surface area contributed by atoms with E-state index in [9.17, 15) is 63.3 Å². The minimum absolute atomic E-state index is 0.0173. The second-order valence-electron chi connectivity index (χ2n) is 19.8. The van der Waals surface area contributed by atoms with E-state index in [1.54, 1.807) is 68.6 Å². The van der Waals surface area contributed by atoms with Crippen LogP contribution in [0.1, 0.15) is 68.8 Å². The number of amides is 8. The van der Waals surface area contributed by atoms with Gasteiger partial charge in [-0.1, -0.05) is 79.7 Å². The standard InChI is InChI=1S/C54H67N13O13/c1-29(2)46(54(79)80)64-53(78)44-28-67-27-34(65-66-67)24-42(62-52(77)43(25-45(70)71)57-30(3)68)51(76)60-39(21-31-11-5-4-6-12-31)48(73)61-41(23-33-26-56-37-14-8-7-13-36(33)37)50(75)58-38(15-9-10-20-55)47(72)59-40(49(74)63-44)22-32-16-18-35(69)19-17-32/h4-8,11-14,16-19,26-27,29,38-44,46,56,69H,9-10,15,20-25,28,55H2,1-3H3,(H,57,68)(H,58,75)(H,59,72)(H,60,76)(H,61,73)(H,62,77)(H,63,74)(H,64,78)(H,70,71)(H,79,80)/t38-,39-,40?,41-,42-,43-,44?,46-/m0/s1. The van der Waals surface area contributed by atoms with Gasteiger partial charge in [0.2, 0.25) is 47.3 Å². The topological polar surface area (TPSA) is 400 Å². The summed E-state index contributed by atoms with van der Waals surface area (Å²) in [5.41, 5.74) is 8.09. The van der Waals surface area contributed by atoms with Gasteiger partial charge in [0.1, 0.15) is 54.1 Å². The first-order valence-corrected chi connectivity index (χ1v) is 26.0. The molecule has 1 aliphatic heterocycles. The van der Waals surface area contributed by atoms with Gasteiger partial charge in [-0.25, -0.2) is 9.48 Å². The number of aromatic nitrogens is 4. The summed E-state index contributed by atoms with van der Waals surface area (Å²) in [6, 6.07) is 9.08. The zero-order chi connectivity index (χ0) is 58.0. The summed E-state index contributed by atoms with van der Waals surface area (Å²) < 4.78 is 1.09. The van der Waals surface area contributed by atoms with Crippen molar-refractivity contribution in [1.82, 2.24) is 62.5 Å². The fourth-order valence-corrected chi connectivity index (χ4v) is 8.98. The lowest BCUT2D eigenvalue weighted by Crippen LogP contribution is -2.61. The summed E-state index contributed by atoms with van der Waals surface area (Å²) in [7, 11) is 0. The number of nitrogens with one attached hydrogen (secondary N) is 9. The molecule has 8 amide bonds. The zero-order valence-corrected chi connectivity index (χ0v) is 44.3. The molecule has 2 unspecified atom stereocenters. The van der Waals surface area contributed by atoms with Crippen molar-refractivity contribution in [3.05, 3.63) is 114 Å². The number of nitrogens with zero attached hydrogens (tertiary/aromatic N) is 3. The molecule has 5 aromatic rings. The van der Waals surface area contributed by atoms with Gasteiger partial charge in [-0.05, 0) is 66.6 Å². The van der Waals surface area contributed by atoms with Crippen LogP contribution in [0.4, 0.5) is 0 Å². The quantitative estimate of drug-likeness (QED) is 0.0441. The van der Waals surface area contributed by atoms with E-state index >= 15 is 0 Å². The molecule has 0 spiro atoms. The summed E-state index contributed by atoms with van der Waals surface area (Å²) in [5.74, 6) is -11.0. The molecule has 0 aliphatic carbocycles. The maximum Gasteiger partial charge on any atom is 0.326 e. The number of para-hydroxylation sites is 1. The van der Waals surface area contributed by atoms with Crippen LogP contribution in [0.15, 0.2) is 91.3 Å². The highest BCUT2D eigenvalue weighted by Gasteiger charge is 2.37. The maximum atomic E-state index is 14.9. The highest BCUT2D eigenvalue weighted by atomic mass is 16.4. The van der Waals surface area contributed by atoms with Crippen LogP contribution in [0.5, 0.6) is 5.75 Å². The molecule has 3 heterocycles. The van der Waals surface area contributed by atoms with Crippen LogP contribution in [-0.4, -0.2) is 149 Å². The molecule has 2 bridgehead atoms. The Bertz CT molecular complexity index is 3000. The predicted molar refractivity (Wildman–Crippen MR) is 286 cm³/mol. The number of aliphatic carboxylic acids is 2. The summed E-state index contributed by atoms with van der Waals surface area (Å²) in [6.45, 7) is 3.84. The molecular formula is C54H67N13O13. The summed E-state index contributed by atoms with van der Waals surface area (Å²) in [4.78, 5) is 142. The number of hydrogen-bond donors (Lipinski definition) is 13. The molecule has 80 heavy (non-hydrogen) atoms. The summed E-state index contributed by atoms with van der Waals surface area (Å²) in [6.07, 6.45) is 1.61. The summed E-state index contributed by atoms with van der Waals surface area (Å²) in [5, 5.41) is 59.5. The minimum atomic E-state index is -1.70. The number of benzene rings is 3. The molecular weight excluding hydrogens is 1040 g/mol. The SMILES string of the molecule is CC(=O)N[C@@H](CC(=O)O)C(=O)N[C@H]1Cc2cn(nn2)CC(C(=O)N[C@H](C(=O)O)C(C)C)NC(=O)C(Cc2ccc(O)cc2)NC(=O)[C@H](CCCCN)NC(=O)[C@H](Cc2c[nH]c3ccccc23)NC(=O)[C@H](Cc2ccccc2)NC1=O. The van der Waals surface area contributed by atoms with Gasteiger partial charge >= 0.3 is 11.9 Å². The molecule has 0 radical (unpaired) electrons. The predicted octanol–water partition coefficient (Wildman–Crippen LogP) is -1.01. The Morgan fingerprint density at radius 3 is 1.94 bits per heavy atom. The Labute approximate surface area is 459 Å². The third-order valence-electron chi connectivity index (χ3n) is 13.2. The molecule has 2 aromatic heterocycles. The second-order valence-corrected chi connectivity index (χ2v) is 19.8. The molecule has 6 rings (SSSR count). The summed E-state index contributed by atoms with van der Waals surface area (Å²) >= 11 is 0. The van der Waals surface area contributed by atoms with Gasteiger partial charge in [-0.15, -0.1) is 5.10 Å².